The fourth-order valence-corrected chi connectivity index (χ4v) is 5.28. The summed E-state index contributed by atoms with van der Waals surface area (Å²) in [4.78, 5) is 16.0. The summed E-state index contributed by atoms with van der Waals surface area (Å²) in [5, 5.41) is 13.1. The molecule has 4 aromatic rings. The number of nitrogens with one attached hydrogen (secondary N) is 1. The number of aromatic amines is 1. The third kappa shape index (κ3) is 3.13. The van der Waals surface area contributed by atoms with Crippen molar-refractivity contribution in [1.29, 1.82) is 0 Å². The highest BCUT2D eigenvalue weighted by atomic mass is 16.2. The zero-order chi connectivity index (χ0) is 22.4. The van der Waals surface area contributed by atoms with Crippen LogP contribution in [0.4, 0.5) is 0 Å². The fraction of sp³-hybridized carbons (Fsp3) is 0.346. The Morgan fingerprint density at radius 2 is 1.94 bits per heavy atom. The molecule has 2 aromatic heterocycles. The van der Waals surface area contributed by atoms with Gasteiger partial charge in [0.15, 0.2) is 0 Å². The zero-order valence-electron chi connectivity index (χ0n) is 19.1. The Balaban J connectivity index is 1.61. The third-order valence-electron chi connectivity index (χ3n) is 6.79. The number of hydrogen-bond donors (Lipinski definition) is 1. The number of amides is 1. The van der Waals surface area contributed by atoms with Crippen LogP contribution in [0.25, 0.3) is 22.2 Å². The topological polar surface area (TPSA) is 66.8 Å². The highest BCUT2D eigenvalue weighted by Gasteiger charge is 2.40. The van der Waals surface area contributed by atoms with Gasteiger partial charge in [0.25, 0.3) is 5.91 Å². The van der Waals surface area contributed by atoms with Gasteiger partial charge in [0, 0.05) is 35.2 Å². The number of benzene rings is 2. The second-order valence-corrected chi connectivity index (χ2v) is 8.73. The monoisotopic (exact) mass is 427 g/mol. The van der Waals surface area contributed by atoms with Crippen molar-refractivity contribution in [3.63, 3.8) is 0 Å². The number of aryl methyl sites for hydroxylation is 2. The van der Waals surface area contributed by atoms with Crippen LogP contribution in [0.5, 0.6) is 0 Å². The standard InChI is InChI=1S/C26H29N5O/c1-5-20-14-21-24(29-30(4)25(21)17-10-8-7-9-11-17)22(6-2)31(20)26(32)18-12-16(3)23-19(13-18)15-27-28-23/h7-13,15,20,22H,5-6,14H2,1-4H3,(H,27,28). The van der Waals surface area contributed by atoms with Gasteiger partial charge in [-0.1, -0.05) is 44.2 Å². The largest absolute Gasteiger partial charge is 0.327 e. The van der Waals surface area contributed by atoms with E-state index >= 15 is 0 Å². The Morgan fingerprint density at radius 3 is 2.66 bits per heavy atom. The van der Waals surface area contributed by atoms with E-state index in [0.717, 1.165) is 47.0 Å². The molecule has 0 spiro atoms. The molecule has 32 heavy (non-hydrogen) atoms. The van der Waals surface area contributed by atoms with E-state index in [4.69, 9.17) is 5.10 Å². The Bertz CT molecular complexity index is 1290. The predicted molar refractivity (Wildman–Crippen MR) is 126 cm³/mol. The summed E-state index contributed by atoms with van der Waals surface area (Å²) in [6, 6.07) is 14.5. The highest BCUT2D eigenvalue weighted by Crippen LogP contribution is 2.41. The van der Waals surface area contributed by atoms with Crippen molar-refractivity contribution in [2.24, 2.45) is 7.05 Å². The number of nitrogens with zero attached hydrogens (tertiary/aromatic N) is 4. The van der Waals surface area contributed by atoms with Gasteiger partial charge in [0.05, 0.1) is 29.1 Å². The summed E-state index contributed by atoms with van der Waals surface area (Å²) < 4.78 is 1.99. The Morgan fingerprint density at radius 1 is 1.16 bits per heavy atom. The van der Waals surface area contributed by atoms with Gasteiger partial charge >= 0.3 is 0 Å². The second kappa shape index (κ2) is 7.93. The van der Waals surface area contributed by atoms with E-state index in [-0.39, 0.29) is 18.0 Å². The maximum atomic E-state index is 13.9. The lowest BCUT2D eigenvalue weighted by molar-refractivity contribution is 0.0513. The molecular formula is C26H29N5O. The van der Waals surface area contributed by atoms with Crippen molar-refractivity contribution in [2.75, 3.05) is 0 Å². The summed E-state index contributed by atoms with van der Waals surface area (Å²) in [7, 11) is 2.01. The molecule has 0 aliphatic carbocycles. The normalized spacial score (nSPS) is 18.2. The summed E-state index contributed by atoms with van der Waals surface area (Å²) >= 11 is 0. The number of rotatable bonds is 4. The molecule has 6 heteroatoms. The lowest BCUT2D eigenvalue weighted by Gasteiger charge is -2.41. The lowest BCUT2D eigenvalue weighted by Crippen LogP contribution is -2.47. The molecule has 0 radical (unpaired) electrons. The minimum atomic E-state index is -0.0415. The second-order valence-electron chi connectivity index (χ2n) is 8.73. The van der Waals surface area contributed by atoms with E-state index in [2.05, 4.69) is 53.2 Å². The van der Waals surface area contributed by atoms with Crippen molar-refractivity contribution in [2.45, 2.75) is 52.1 Å². The third-order valence-corrected chi connectivity index (χ3v) is 6.79. The van der Waals surface area contributed by atoms with E-state index < -0.39 is 0 Å². The molecule has 0 saturated carbocycles. The Labute approximate surface area is 188 Å². The molecule has 164 valence electrons. The number of carbonyl (C=O) groups excluding carboxylic acids is 1. The minimum absolute atomic E-state index is 0.0415. The number of H-pyrrole nitrogens is 1. The van der Waals surface area contributed by atoms with Gasteiger partial charge in [-0.15, -0.1) is 0 Å². The lowest BCUT2D eigenvalue weighted by atomic mass is 9.87. The molecule has 0 bridgehead atoms. The first-order chi connectivity index (χ1) is 15.5. The molecule has 1 N–H and O–H groups in total. The predicted octanol–water partition coefficient (Wildman–Crippen LogP) is 5.20. The summed E-state index contributed by atoms with van der Waals surface area (Å²) in [5.41, 5.74) is 7.39. The van der Waals surface area contributed by atoms with E-state index in [1.165, 1.54) is 16.8 Å². The SMILES string of the molecule is CCC1Cc2c(nn(C)c2-c2ccccc2)C(CC)N1C(=O)c1cc(C)c2[nH]ncc2c1. The highest BCUT2D eigenvalue weighted by molar-refractivity contribution is 5.99. The van der Waals surface area contributed by atoms with E-state index in [1.807, 2.05) is 36.9 Å². The minimum Gasteiger partial charge on any atom is -0.327 e. The van der Waals surface area contributed by atoms with Crippen LogP contribution in [0.3, 0.4) is 0 Å². The quantitative estimate of drug-likeness (QED) is 0.487. The molecule has 2 atom stereocenters. The van der Waals surface area contributed by atoms with E-state index in [0.29, 0.717) is 0 Å². The molecule has 1 aliphatic rings. The van der Waals surface area contributed by atoms with Gasteiger partial charge < -0.3 is 4.90 Å². The average molecular weight is 428 g/mol. The molecule has 2 unspecified atom stereocenters. The number of carbonyl (C=O) groups is 1. The van der Waals surface area contributed by atoms with Gasteiger partial charge in [-0.2, -0.15) is 10.2 Å². The number of fused-ring (bicyclic) bond motifs is 2. The first-order valence-electron chi connectivity index (χ1n) is 11.4. The van der Waals surface area contributed by atoms with Crippen LogP contribution in [0.1, 0.15) is 59.9 Å². The van der Waals surface area contributed by atoms with Gasteiger partial charge in [-0.3, -0.25) is 14.6 Å². The molecule has 5 rings (SSSR count). The first kappa shape index (κ1) is 20.5. The van der Waals surface area contributed by atoms with Gasteiger partial charge in [-0.05, 0) is 43.9 Å². The van der Waals surface area contributed by atoms with Crippen molar-refractivity contribution in [3.05, 3.63) is 71.0 Å². The summed E-state index contributed by atoms with van der Waals surface area (Å²) in [6.07, 6.45) is 4.33. The maximum absolute atomic E-state index is 13.9. The van der Waals surface area contributed by atoms with Gasteiger partial charge in [0.1, 0.15) is 0 Å². The molecule has 3 heterocycles. The zero-order valence-corrected chi connectivity index (χ0v) is 19.1. The van der Waals surface area contributed by atoms with Crippen LogP contribution in [-0.2, 0) is 13.5 Å². The van der Waals surface area contributed by atoms with Crippen LogP contribution in [0, 0.1) is 6.92 Å². The molecule has 1 aliphatic heterocycles. The maximum Gasteiger partial charge on any atom is 0.254 e. The molecule has 2 aromatic carbocycles. The van der Waals surface area contributed by atoms with E-state index in [9.17, 15) is 4.79 Å². The van der Waals surface area contributed by atoms with Crippen LogP contribution >= 0.6 is 0 Å². The van der Waals surface area contributed by atoms with Crippen molar-refractivity contribution in [3.8, 4) is 11.3 Å². The van der Waals surface area contributed by atoms with Crippen molar-refractivity contribution >= 4 is 16.8 Å². The molecule has 6 nitrogen and oxygen atoms in total. The molecule has 0 saturated heterocycles. The van der Waals surface area contributed by atoms with Crippen LogP contribution in [-0.4, -0.2) is 36.8 Å². The summed E-state index contributed by atoms with van der Waals surface area (Å²) in [6.45, 7) is 6.34. The summed E-state index contributed by atoms with van der Waals surface area (Å²) in [5.74, 6) is 0.0764. The first-order valence-corrected chi connectivity index (χ1v) is 11.4. The van der Waals surface area contributed by atoms with Crippen LogP contribution in [0.15, 0.2) is 48.7 Å². The Hall–Kier alpha value is -3.41. The van der Waals surface area contributed by atoms with E-state index in [1.54, 1.807) is 6.20 Å². The molecular weight excluding hydrogens is 398 g/mol. The molecule has 1 amide bonds. The van der Waals surface area contributed by atoms with Crippen molar-refractivity contribution in [1.82, 2.24) is 24.9 Å². The average Bonchev–Trinajstić information content (AvgIpc) is 3.41. The van der Waals surface area contributed by atoms with Gasteiger partial charge in [-0.25, -0.2) is 0 Å². The van der Waals surface area contributed by atoms with Crippen molar-refractivity contribution < 1.29 is 4.79 Å². The van der Waals surface area contributed by atoms with Crippen LogP contribution < -0.4 is 0 Å². The number of hydrogen-bond acceptors (Lipinski definition) is 3. The number of aromatic nitrogens is 4. The Kier molecular flexibility index (Phi) is 5.08. The van der Waals surface area contributed by atoms with Gasteiger partial charge in [0.2, 0.25) is 0 Å². The van der Waals surface area contributed by atoms with Crippen LogP contribution in [0.2, 0.25) is 0 Å². The smallest absolute Gasteiger partial charge is 0.254 e. The fourth-order valence-electron chi connectivity index (χ4n) is 5.28. The molecule has 0 fully saturated rings.